The first-order chi connectivity index (χ1) is 10.7. The van der Waals surface area contributed by atoms with E-state index in [0.717, 1.165) is 12.8 Å². The fourth-order valence-corrected chi connectivity index (χ4v) is 3.52. The van der Waals surface area contributed by atoms with Crippen LogP contribution in [0, 0.1) is 5.92 Å². The van der Waals surface area contributed by atoms with E-state index < -0.39 is 0 Å². The molecule has 132 valence electrons. The lowest BCUT2D eigenvalue weighted by molar-refractivity contribution is -0.114. The summed E-state index contributed by atoms with van der Waals surface area (Å²) in [6.07, 6.45) is 20.8. The van der Waals surface area contributed by atoms with Crippen molar-refractivity contribution >= 4 is 20.6 Å². The van der Waals surface area contributed by atoms with Gasteiger partial charge in [0.25, 0.3) is 0 Å². The maximum absolute atomic E-state index is 11.7. The third-order valence-electron chi connectivity index (χ3n) is 4.63. The van der Waals surface area contributed by atoms with Gasteiger partial charge in [-0.1, -0.05) is 104 Å². The van der Waals surface area contributed by atoms with Crippen molar-refractivity contribution in [1.29, 1.82) is 0 Å². The van der Waals surface area contributed by atoms with Gasteiger partial charge in [0.15, 0.2) is 0 Å². The molecule has 2 heteroatoms. The van der Waals surface area contributed by atoms with Crippen molar-refractivity contribution in [2.45, 2.75) is 117 Å². The Bertz CT molecular complexity index is 240. The van der Waals surface area contributed by atoms with E-state index in [2.05, 4.69) is 29.8 Å². The Balaban J connectivity index is 3.50. The summed E-state index contributed by atoms with van der Waals surface area (Å²) in [5.74, 6) is 0.270. The van der Waals surface area contributed by atoms with Crippen LogP contribution >= 0.6 is 15.9 Å². The van der Waals surface area contributed by atoms with Crippen molar-refractivity contribution in [1.82, 2.24) is 0 Å². The summed E-state index contributed by atoms with van der Waals surface area (Å²) in [7, 11) is 0. The molecule has 0 aromatic heterocycles. The number of carbonyl (C=O) groups is 1. The minimum absolute atomic E-state index is 0.240. The van der Waals surface area contributed by atoms with Crippen LogP contribution in [0.4, 0.5) is 0 Å². The summed E-state index contributed by atoms with van der Waals surface area (Å²) in [5, 5.41) is 0. The van der Waals surface area contributed by atoms with E-state index in [1.807, 2.05) is 0 Å². The average Bonchev–Trinajstić information content (AvgIpc) is 2.50. The van der Waals surface area contributed by atoms with Crippen molar-refractivity contribution in [2.75, 3.05) is 0 Å². The van der Waals surface area contributed by atoms with Gasteiger partial charge in [-0.15, -0.1) is 0 Å². The molecular formula is C20H39BrO. The molecular weight excluding hydrogens is 336 g/mol. The molecule has 0 aromatic rings. The predicted molar refractivity (Wildman–Crippen MR) is 103 cm³/mol. The molecule has 0 aromatic carbocycles. The van der Waals surface area contributed by atoms with Gasteiger partial charge in [-0.05, 0) is 28.8 Å². The second-order valence-electron chi connectivity index (χ2n) is 6.82. The highest BCUT2D eigenvalue weighted by Crippen LogP contribution is 2.22. The van der Waals surface area contributed by atoms with Gasteiger partial charge in [0.2, 0.25) is 4.69 Å². The molecule has 22 heavy (non-hydrogen) atoms. The standard InChI is InChI=1S/C20H39BrO/c1-3-5-7-9-11-12-14-16-18-19(20(21)22)17-15-13-10-8-6-4-2/h19H,3-18H2,1-2H3. The predicted octanol–water partition coefficient (Wildman–Crippen LogP) is 7.81. The molecule has 0 radical (unpaired) electrons. The largest absolute Gasteiger partial charge is 0.286 e. The van der Waals surface area contributed by atoms with E-state index in [9.17, 15) is 4.79 Å². The Hall–Kier alpha value is 0.150. The Kier molecular flexibility index (Phi) is 17.6. The number of halogens is 1. The Labute approximate surface area is 148 Å². The van der Waals surface area contributed by atoms with Crippen LogP contribution in [-0.4, -0.2) is 4.69 Å². The summed E-state index contributed by atoms with van der Waals surface area (Å²) in [5.41, 5.74) is 0. The average molecular weight is 375 g/mol. The Morgan fingerprint density at radius 3 is 1.27 bits per heavy atom. The zero-order valence-electron chi connectivity index (χ0n) is 15.2. The van der Waals surface area contributed by atoms with Crippen LogP contribution in [0.1, 0.15) is 117 Å². The second-order valence-corrected chi connectivity index (χ2v) is 7.60. The van der Waals surface area contributed by atoms with Crippen molar-refractivity contribution < 1.29 is 4.79 Å². The molecule has 0 N–H and O–H groups in total. The highest BCUT2D eigenvalue weighted by molar-refractivity contribution is 9.18. The van der Waals surface area contributed by atoms with E-state index in [4.69, 9.17) is 0 Å². The fraction of sp³-hybridized carbons (Fsp3) is 0.950. The number of carbonyl (C=O) groups excluding carboxylic acids is 1. The second kappa shape index (κ2) is 17.5. The smallest absolute Gasteiger partial charge is 0.200 e. The van der Waals surface area contributed by atoms with Crippen LogP contribution in [0.5, 0.6) is 0 Å². The van der Waals surface area contributed by atoms with Gasteiger partial charge in [0.05, 0.1) is 0 Å². The van der Waals surface area contributed by atoms with Gasteiger partial charge < -0.3 is 0 Å². The number of hydrogen-bond donors (Lipinski definition) is 0. The van der Waals surface area contributed by atoms with Gasteiger partial charge in [0.1, 0.15) is 0 Å². The third kappa shape index (κ3) is 15.1. The fourth-order valence-electron chi connectivity index (χ4n) is 3.07. The molecule has 0 amide bonds. The molecule has 1 unspecified atom stereocenters. The lowest BCUT2D eigenvalue weighted by Crippen LogP contribution is -2.08. The minimum Gasteiger partial charge on any atom is -0.286 e. The number of unbranched alkanes of at least 4 members (excludes halogenated alkanes) is 12. The molecule has 0 saturated carbocycles. The van der Waals surface area contributed by atoms with Gasteiger partial charge in [-0.25, -0.2) is 0 Å². The Morgan fingerprint density at radius 2 is 0.955 bits per heavy atom. The van der Waals surface area contributed by atoms with E-state index in [-0.39, 0.29) is 10.6 Å². The zero-order chi connectivity index (χ0) is 16.5. The molecule has 0 aliphatic carbocycles. The van der Waals surface area contributed by atoms with Crippen LogP contribution < -0.4 is 0 Å². The van der Waals surface area contributed by atoms with Crippen LogP contribution in [0.15, 0.2) is 0 Å². The van der Waals surface area contributed by atoms with E-state index >= 15 is 0 Å². The molecule has 0 rings (SSSR count). The normalized spacial score (nSPS) is 12.5. The molecule has 0 spiro atoms. The third-order valence-corrected chi connectivity index (χ3v) is 5.28. The summed E-state index contributed by atoms with van der Waals surface area (Å²) in [6.45, 7) is 4.52. The summed E-state index contributed by atoms with van der Waals surface area (Å²) in [6, 6.07) is 0. The SMILES string of the molecule is CCCCCCCCCCC(CCCCCCCC)C(=O)Br. The van der Waals surface area contributed by atoms with Gasteiger partial charge in [-0.2, -0.15) is 0 Å². The Morgan fingerprint density at radius 1 is 0.636 bits per heavy atom. The molecule has 0 heterocycles. The summed E-state index contributed by atoms with van der Waals surface area (Å²) in [4.78, 5) is 11.7. The molecule has 0 aliphatic rings. The van der Waals surface area contributed by atoms with Crippen molar-refractivity contribution in [2.24, 2.45) is 5.92 Å². The van der Waals surface area contributed by atoms with Crippen LogP contribution in [0.2, 0.25) is 0 Å². The summed E-state index contributed by atoms with van der Waals surface area (Å²) >= 11 is 3.21. The number of rotatable bonds is 17. The first kappa shape index (κ1) is 22.1. The monoisotopic (exact) mass is 374 g/mol. The molecule has 0 aliphatic heterocycles. The van der Waals surface area contributed by atoms with Gasteiger partial charge >= 0.3 is 0 Å². The minimum atomic E-state index is 0.240. The molecule has 1 nitrogen and oxygen atoms in total. The molecule has 0 fully saturated rings. The maximum Gasteiger partial charge on any atom is 0.200 e. The molecule has 1 atom stereocenters. The molecule has 0 saturated heterocycles. The van der Waals surface area contributed by atoms with E-state index in [0.29, 0.717) is 0 Å². The van der Waals surface area contributed by atoms with Gasteiger partial charge in [-0.3, -0.25) is 4.79 Å². The lowest BCUT2D eigenvalue weighted by Gasteiger charge is -2.12. The van der Waals surface area contributed by atoms with Crippen LogP contribution in [-0.2, 0) is 4.79 Å². The highest BCUT2D eigenvalue weighted by Gasteiger charge is 2.14. The van der Waals surface area contributed by atoms with Crippen LogP contribution in [0.25, 0.3) is 0 Å². The topological polar surface area (TPSA) is 17.1 Å². The number of hydrogen-bond acceptors (Lipinski definition) is 1. The highest BCUT2D eigenvalue weighted by atomic mass is 79.9. The summed E-state index contributed by atoms with van der Waals surface area (Å²) < 4.78 is 0.240. The van der Waals surface area contributed by atoms with Crippen LogP contribution in [0.3, 0.4) is 0 Å². The zero-order valence-corrected chi connectivity index (χ0v) is 16.8. The molecule has 0 bridgehead atoms. The van der Waals surface area contributed by atoms with Gasteiger partial charge in [0, 0.05) is 5.92 Å². The first-order valence-corrected chi connectivity index (χ1v) is 10.7. The van der Waals surface area contributed by atoms with Crippen molar-refractivity contribution in [3.05, 3.63) is 0 Å². The van der Waals surface area contributed by atoms with Crippen molar-refractivity contribution in [3.8, 4) is 0 Å². The van der Waals surface area contributed by atoms with E-state index in [1.165, 1.54) is 89.9 Å². The van der Waals surface area contributed by atoms with E-state index in [1.54, 1.807) is 0 Å². The first-order valence-electron chi connectivity index (χ1n) is 9.91. The van der Waals surface area contributed by atoms with Crippen molar-refractivity contribution in [3.63, 3.8) is 0 Å². The lowest BCUT2D eigenvalue weighted by atomic mass is 9.95. The quantitative estimate of drug-likeness (QED) is 0.187. The maximum atomic E-state index is 11.7.